The van der Waals surface area contributed by atoms with Crippen molar-refractivity contribution in [2.45, 2.75) is 6.92 Å². The van der Waals surface area contributed by atoms with E-state index in [0.717, 1.165) is 10.9 Å². The van der Waals surface area contributed by atoms with Crippen molar-refractivity contribution < 1.29 is 19.1 Å². The monoisotopic (exact) mass is 255 g/mol. The molecule has 1 heterocycles. The van der Waals surface area contributed by atoms with Gasteiger partial charge < -0.3 is 21.5 Å². The molecular weight excluding hydrogens is 242 g/mol. The molecule has 0 bridgehead atoms. The molecule has 5 N–H and O–H groups in total. The molecule has 0 aromatic carbocycles. The van der Waals surface area contributed by atoms with E-state index in [1.807, 2.05) is 0 Å². The van der Waals surface area contributed by atoms with Gasteiger partial charge in [-0.1, -0.05) is 0 Å². The third-order valence-electron chi connectivity index (χ3n) is 1.95. The maximum absolute atomic E-state index is 11.6. The third-order valence-corrected chi connectivity index (χ3v) is 1.95. The Hall–Kier alpha value is -2.58. The number of aromatic nitrogens is 2. The molecule has 9 heteroatoms. The van der Waals surface area contributed by atoms with Crippen LogP contribution in [-0.4, -0.2) is 40.6 Å². The number of nitrogens with two attached hydrogens (primary N) is 2. The lowest BCUT2D eigenvalue weighted by atomic mass is 10.4. The number of hydrogen-bond donors (Lipinski definition) is 3. The Morgan fingerprint density at radius 2 is 2.17 bits per heavy atom. The van der Waals surface area contributed by atoms with Crippen molar-refractivity contribution in [3.8, 4) is 0 Å². The molecule has 1 aromatic heterocycles. The van der Waals surface area contributed by atoms with Gasteiger partial charge in [-0.05, 0) is 6.92 Å². The minimum Gasteiger partial charge on any atom is -0.465 e. The largest absolute Gasteiger partial charge is 0.465 e. The van der Waals surface area contributed by atoms with E-state index in [1.54, 1.807) is 6.92 Å². The summed E-state index contributed by atoms with van der Waals surface area (Å²) in [4.78, 5) is 37.0. The van der Waals surface area contributed by atoms with E-state index in [2.05, 4.69) is 15.0 Å². The quantitative estimate of drug-likeness (QED) is 0.570. The van der Waals surface area contributed by atoms with Crippen LogP contribution in [0.1, 0.15) is 17.4 Å². The summed E-state index contributed by atoms with van der Waals surface area (Å²) < 4.78 is 5.49. The van der Waals surface area contributed by atoms with Crippen LogP contribution in [0.25, 0.3) is 0 Å². The highest BCUT2D eigenvalue weighted by Gasteiger charge is 2.17. The minimum atomic E-state index is -0.843. The summed E-state index contributed by atoms with van der Waals surface area (Å²) in [6.07, 6.45) is 1.04. The molecular formula is C9H13N5O4. The molecule has 9 nitrogen and oxygen atoms in total. The zero-order valence-electron chi connectivity index (χ0n) is 9.67. The second-order valence-electron chi connectivity index (χ2n) is 3.18. The smallest absolute Gasteiger partial charge is 0.328 e. The van der Waals surface area contributed by atoms with E-state index in [4.69, 9.17) is 11.5 Å². The van der Waals surface area contributed by atoms with Gasteiger partial charge in [0.1, 0.15) is 18.7 Å². The normalized spacial score (nSPS) is 9.83. The molecule has 0 spiro atoms. The molecule has 0 aliphatic rings. The summed E-state index contributed by atoms with van der Waals surface area (Å²) in [5.74, 6) is -1.62. The molecule has 2 amide bonds. The lowest BCUT2D eigenvalue weighted by Gasteiger charge is -2.06. The maximum atomic E-state index is 11.6. The van der Waals surface area contributed by atoms with E-state index >= 15 is 0 Å². The van der Waals surface area contributed by atoms with Gasteiger partial charge in [0.2, 0.25) is 0 Å². The van der Waals surface area contributed by atoms with E-state index in [0.29, 0.717) is 0 Å². The van der Waals surface area contributed by atoms with Gasteiger partial charge in [-0.25, -0.2) is 14.3 Å². The fourth-order valence-electron chi connectivity index (χ4n) is 1.15. The van der Waals surface area contributed by atoms with E-state index in [9.17, 15) is 14.4 Å². The summed E-state index contributed by atoms with van der Waals surface area (Å²) in [6, 6.07) is -0.708. The molecule has 1 rings (SSSR count). The summed E-state index contributed by atoms with van der Waals surface area (Å²) >= 11 is 0. The van der Waals surface area contributed by atoms with Crippen molar-refractivity contribution in [2.24, 2.45) is 5.73 Å². The lowest BCUT2D eigenvalue weighted by Crippen LogP contribution is -2.34. The Balaban J connectivity index is 2.68. The Bertz CT molecular complexity index is 481. The minimum absolute atomic E-state index is 0.191. The van der Waals surface area contributed by atoms with Crippen molar-refractivity contribution in [2.75, 3.05) is 18.9 Å². The number of imidazole rings is 1. The lowest BCUT2D eigenvalue weighted by molar-refractivity contribution is -0.141. The van der Waals surface area contributed by atoms with Gasteiger partial charge in [0.15, 0.2) is 5.69 Å². The Labute approximate surface area is 102 Å². The number of nitrogen functional groups attached to an aromatic ring is 1. The first-order valence-corrected chi connectivity index (χ1v) is 5.03. The zero-order valence-corrected chi connectivity index (χ0v) is 9.67. The predicted octanol–water partition coefficient (Wildman–Crippen LogP) is -1.31. The Kier molecular flexibility index (Phi) is 4.24. The summed E-state index contributed by atoms with van der Waals surface area (Å²) in [7, 11) is 0. The second kappa shape index (κ2) is 5.66. The summed E-state index contributed by atoms with van der Waals surface area (Å²) in [5.41, 5.74) is 10.3. The van der Waals surface area contributed by atoms with Gasteiger partial charge >= 0.3 is 12.0 Å². The van der Waals surface area contributed by atoms with Crippen LogP contribution in [-0.2, 0) is 9.53 Å². The topological polar surface area (TPSA) is 142 Å². The average molecular weight is 255 g/mol. The van der Waals surface area contributed by atoms with Gasteiger partial charge in [0.25, 0.3) is 5.91 Å². The molecule has 0 atom stereocenters. The van der Waals surface area contributed by atoms with Gasteiger partial charge in [0.05, 0.1) is 6.61 Å². The average Bonchev–Trinajstić information content (AvgIpc) is 2.68. The number of amides is 2. The van der Waals surface area contributed by atoms with Crippen LogP contribution in [0.5, 0.6) is 0 Å². The van der Waals surface area contributed by atoms with Crippen LogP contribution in [0.2, 0.25) is 0 Å². The molecule has 18 heavy (non-hydrogen) atoms. The molecule has 98 valence electrons. The van der Waals surface area contributed by atoms with Gasteiger partial charge in [-0.2, -0.15) is 0 Å². The fraction of sp³-hybridized carbons (Fsp3) is 0.333. The molecule has 0 saturated carbocycles. The van der Waals surface area contributed by atoms with Crippen LogP contribution < -0.4 is 16.8 Å². The molecule has 0 fully saturated rings. The Morgan fingerprint density at radius 1 is 1.50 bits per heavy atom. The van der Waals surface area contributed by atoms with E-state index < -0.39 is 17.9 Å². The van der Waals surface area contributed by atoms with Crippen LogP contribution in [0.4, 0.5) is 10.6 Å². The number of carbonyl (C=O) groups excluding carboxylic acids is 3. The maximum Gasteiger partial charge on any atom is 0.328 e. The van der Waals surface area contributed by atoms with Crippen molar-refractivity contribution in [1.82, 2.24) is 14.9 Å². The van der Waals surface area contributed by atoms with Gasteiger partial charge in [-0.3, -0.25) is 9.59 Å². The summed E-state index contributed by atoms with van der Waals surface area (Å²) in [5, 5.41) is 2.25. The molecule has 0 radical (unpaired) electrons. The van der Waals surface area contributed by atoms with Crippen molar-refractivity contribution in [3.05, 3.63) is 12.0 Å². The first kappa shape index (κ1) is 13.5. The highest BCUT2D eigenvalue weighted by atomic mass is 16.5. The van der Waals surface area contributed by atoms with E-state index in [-0.39, 0.29) is 24.7 Å². The molecule has 0 unspecified atom stereocenters. The van der Waals surface area contributed by atoms with Crippen molar-refractivity contribution >= 4 is 23.7 Å². The number of primary amides is 1. The van der Waals surface area contributed by atoms with Crippen LogP contribution in [0.3, 0.4) is 0 Å². The SMILES string of the molecule is CCOC(=O)CNC(=O)n1cnc(C(N)=O)c1N. The number of hydrogen-bond acceptors (Lipinski definition) is 6. The highest BCUT2D eigenvalue weighted by Crippen LogP contribution is 2.08. The van der Waals surface area contributed by atoms with Crippen LogP contribution in [0.15, 0.2) is 6.33 Å². The number of carbonyl (C=O) groups is 3. The molecule has 1 aromatic rings. The third kappa shape index (κ3) is 2.97. The number of nitrogens with one attached hydrogen (secondary N) is 1. The van der Waals surface area contributed by atoms with Crippen LogP contribution in [0, 0.1) is 0 Å². The zero-order chi connectivity index (χ0) is 13.7. The Morgan fingerprint density at radius 3 is 2.67 bits per heavy atom. The second-order valence-corrected chi connectivity index (χ2v) is 3.18. The van der Waals surface area contributed by atoms with Gasteiger partial charge in [-0.15, -0.1) is 0 Å². The summed E-state index contributed by atoms with van der Waals surface area (Å²) in [6.45, 7) is 1.55. The number of anilines is 1. The first-order valence-electron chi connectivity index (χ1n) is 5.03. The number of rotatable bonds is 4. The first-order chi connectivity index (χ1) is 8.47. The number of esters is 1. The molecule has 0 aliphatic carbocycles. The molecule has 0 aliphatic heterocycles. The number of nitrogens with zero attached hydrogens (tertiary/aromatic N) is 2. The van der Waals surface area contributed by atoms with E-state index in [1.165, 1.54) is 0 Å². The van der Waals surface area contributed by atoms with Crippen molar-refractivity contribution in [1.29, 1.82) is 0 Å². The van der Waals surface area contributed by atoms with Crippen molar-refractivity contribution in [3.63, 3.8) is 0 Å². The van der Waals surface area contributed by atoms with Crippen LogP contribution >= 0.6 is 0 Å². The standard InChI is InChI=1S/C9H13N5O4/c1-2-18-5(15)3-12-9(17)14-4-13-6(7(14)10)8(11)16/h4H,2-3,10H2,1H3,(H2,11,16)(H,12,17). The molecule has 0 saturated heterocycles. The fourth-order valence-corrected chi connectivity index (χ4v) is 1.15. The van der Waals surface area contributed by atoms with Gasteiger partial charge in [0, 0.05) is 0 Å². The predicted molar refractivity (Wildman–Crippen MR) is 60.6 cm³/mol. The number of ether oxygens (including phenoxy) is 1. The highest BCUT2D eigenvalue weighted by molar-refractivity contribution is 5.97.